The molecule has 2 heterocycles. The van der Waals surface area contributed by atoms with Gasteiger partial charge in [-0.2, -0.15) is 0 Å². The summed E-state index contributed by atoms with van der Waals surface area (Å²) in [5.74, 6) is 1.82. The van der Waals surface area contributed by atoms with Crippen molar-refractivity contribution in [2.45, 2.75) is 19.4 Å². The lowest BCUT2D eigenvalue weighted by Gasteiger charge is -2.25. The maximum absolute atomic E-state index is 5.60. The van der Waals surface area contributed by atoms with Gasteiger partial charge >= 0.3 is 0 Å². The van der Waals surface area contributed by atoms with Gasteiger partial charge in [-0.05, 0) is 46.5 Å². The second kappa shape index (κ2) is 7.09. The number of nitrogens with zero attached hydrogens (tertiary/aromatic N) is 2. The van der Waals surface area contributed by atoms with Crippen LogP contribution in [0.5, 0.6) is 5.75 Å². The van der Waals surface area contributed by atoms with E-state index in [1.165, 1.54) is 18.4 Å². The molecule has 23 heavy (non-hydrogen) atoms. The maximum atomic E-state index is 5.60. The Hall–Kier alpha value is -1.27. The van der Waals surface area contributed by atoms with Crippen LogP contribution in [-0.4, -0.2) is 51.3 Å². The smallest absolute Gasteiger partial charge is 0.193 e. The molecule has 2 aliphatic rings. The largest absolute Gasteiger partial charge is 0.496 e. The van der Waals surface area contributed by atoms with E-state index < -0.39 is 0 Å². The Labute approximate surface area is 146 Å². The molecule has 0 amide bonds. The lowest BCUT2D eigenvalue weighted by Crippen LogP contribution is -2.41. The van der Waals surface area contributed by atoms with Gasteiger partial charge in [0.05, 0.1) is 18.2 Å². The number of benzene rings is 1. The fourth-order valence-electron chi connectivity index (χ4n) is 3.42. The van der Waals surface area contributed by atoms with E-state index in [1.807, 2.05) is 13.1 Å². The second-order valence-electron chi connectivity index (χ2n) is 6.34. The standard InChI is InChI=1S/C17H24BrN3O2/c1-19-16(21-7-5-17(11-21)6-8-23-12-17)20-10-13-3-4-15(22-2)14(18)9-13/h3-4,9H,5-8,10-12H2,1-2H3,(H,19,20). The third kappa shape index (κ3) is 3.63. The molecule has 1 N–H and O–H groups in total. The number of hydrogen-bond donors (Lipinski definition) is 1. The number of likely N-dealkylation sites (tertiary alicyclic amines) is 1. The highest BCUT2D eigenvalue weighted by atomic mass is 79.9. The Morgan fingerprint density at radius 3 is 3.00 bits per heavy atom. The summed E-state index contributed by atoms with van der Waals surface area (Å²) >= 11 is 3.53. The van der Waals surface area contributed by atoms with Crippen LogP contribution in [0.4, 0.5) is 0 Å². The molecule has 0 saturated carbocycles. The monoisotopic (exact) mass is 381 g/mol. The maximum Gasteiger partial charge on any atom is 0.193 e. The molecule has 1 atom stereocenters. The van der Waals surface area contributed by atoms with E-state index in [0.717, 1.165) is 49.0 Å². The molecule has 1 spiro atoms. The molecule has 0 aromatic heterocycles. The Bertz CT molecular complexity index is 585. The van der Waals surface area contributed by atoms with Crippen LogP contribution in [0.3, 0.4) is 0 Å². The van der Waals surface area contributed by atoms with Crippen molar-refractivity contribution in [1.82, 2.24) is 10.2 Å². The average molecular weight is 382 g/mol. The van der Waals surface area contributed by atoms with Crippen LogP contribution in [0.25, 0.3) is 0 Å². The highest BCUT2D eigenvalue weighted by Gasteiger charge is 2.42. The number of halogens is 1. The van der Waals surface area contributed by atoms with E-state index in [2.05, 4.69) is 43.3 Å². The van der Waals surface area contributed by atoms with Crippen molar-refractivity contribution in [3.05, 3.63) is 28.2 Å². The number of hydrogen-bond acceptors (Lipinski definition) is 3. The van der Waals surface area contributed by atoms with Crippen molar-refractivity contribution in [3.8, 4) is 5.75 Å². The summed E-state index contributed by atoms with van der Waals surface area (Å²) in [4.78, 5) is 6.80. The molecule has 6 heteroatoms. The molecule has 1 unspecified atom stereocenters. The molecule has 0 radical (unpaired) electrons. The molecule has 2 fully saturated rings. The summed E-state index contributed by atoms with van der Waals surface area (Å²) in [6.07, 6.45) is 2.37. The van der Waals surface area contributed by atoms with Crippen molar-refractivity contribution in [3.63, 3.8) is 0 Å². The zero-order valence-corrected chi connectivity index (χ0v) is 15.4. The lowest BCUT2D eigenvalue weighted by molar-refractivity contribution is 0.156. The molecule has 2 saturated heterocycles. The van der Waals surface area contributed by atoms with E-state index in [-0.39, 0.29) is 0 Å². The van der Waals surface area contributed by atoms with Crippen LogP contribution in [0.2, 0.25) is 0 Å². The van der Waals surface area contributed by atoms with Gasteiger partial charge in [0.1, 0.15) is 5.75 Å². The minimum Gasteiger partial charge on any atom is -0.496 e. The first-order valence-corrected chi connectivity index (χ1v) is 8.81. The van der Waals surface area contributed by atoms with Gasteiger partial charge in [0.2, 0.25) is 0 Å². The molecular formula is C17H24BrN3O2. The van der Waals surface area contributed by atoms with Crippen molar-refractivity contribution in [1.29, 1.82) is 0 Å². The highest BCUT2D eigenvalue weighted by Crippen LogP contribution is 2.38. The van der Waals surface area contributed by atoms with Gasteiger partial charge in [-0.25, -0.2) is 0 Å². The Balaban J connectivity index is 1.59. The van der Waals surface area contributed by atoms with Gasteiger partial charge in [0, 0.05) is 38.7 Å². The highest BCUT2D eigenvalue weighted by molar-refractivity contribution is 9.10. The van der Waals surface area contributed by atoms with Gasteiger partial charge in [0.25, 0.3) is 0 Å². The molecule has 126 valence electrons. The van der Waals surface area contributed by atoms with Crippen molar-refractivity contribution in [2.75, 3.05) is 40.5 Å². The van der Waals surface area contributed by atoms with Crippen LogP contribution in [0.1, 0.15) is 18.4 Å². The molecule has 0 bridgehead atoms. The normalized spacial score (nSPS) is 24.5. The van der Waals surface area contributed by atoms with Crippen molar-refractivity contribution < 1.29 is 9.47 Å². The van der Waals surface area contributed by atoms with Gasteiger partial charge in [-0.3, -0.25) is 4.99 Å². The second-order valence-corrected chi connectivity index (χ2v) is 7.20. The number of guanidine groups is 1. The fourth-order valence-corrected chi connectivity index (χ4v) is 4.01. The number of ether oxygens (including phenoxy) is 2. The van der Waals surface area contributed by atoms with E-state index >= 15 is 0 Å². The van der Waals surface area contributed by atoms with Gasteiger partial charge in [-0.15, -0.1) is 0 Å². The van der Waals surface area contributed by atoms with E-state index in [1.54, 1.807) is 7.11 Å². The molecule has 2 aliphatic heterocycles. The average Bonchev–Trinajstić information content (AvgIpc) is 3.19. The first kappa shape index (κ1) is 16.6. The molecule has 3 rings (SSSR count). The van der Waals surface area contributed by atoms with E-state index in [0.29, 0.717) is 5.41 Å². The summed E-state index contributed by atoms with van der Waals surface area (Å²) in [5, 5.41) is 3.47. The number of aliphatic imine (C=N–C) groups is 1. The molecule has 0 aliphatic carbocycles. The van der Waals surface area contributed by atoms with Gasteiger partial charge in [-0.1, -0.05) is 6.07 Å². The van der Waals surface area contributed by atoms with Crippen LogP contribution < -0.4 is 10.1 Å². The first-order valence-electron chi connectivity index (χ1n) is 8.01. The lowest BCUT2D eigenvalue weighted by atomic mass is 9.87. The number of rotatable bonds is 3. The van der Waals surface area contributed by atoms with Crippen molar-refractivity contribution >= 4 is 21.9 Å². The summed E-state index contributed by atoms with van der Waals surface area (Å²) in [7, 11) is 3.53. The summed E-state index contributed by atoms with van der Waals surface area (Å²) in [6, 6.07) is 6.13. The third-order valence-electron chi connectivity index (χ3n) is 4.80. The first-order chi connectivity index (χ1) is 11.2. The predicted octanol–water partition coefficient (Wildman–Crippen LogP) is 2.65. The van der Waals surface area contributed by atoms with Gasteiger partial charge < -0.3 is 19.7 Å². The Kier molecular flexibility index (Phi) is 5.11. The Morgan fingerprint density at radius 2 is 2.35 bits per heavy atom. The van der Waals surface area contributed by atoms with Crippen LogP contribution in [0.15, 0.2) is 27.7 Å². The predicted molar refractivity (Wildman–Crippen MR) is 95.0 cm³/mol. The molecule has 5 nitrogen and oxygen atoms in total. The fraction of sp³-hybridized carbons (Fsp3) is 0.588. The third-order valence-corrected chi connectivity index (χ3v) is 5.42. The quantitative estimate of drug-likeness (QED) is 0.645. The minimum absolute atomic E-state index is 0.348. The number of nitrogens with one attached hydrogen (secondary N) is 1. The summed E-state index contributed by atoms with van der Waals surface area (Å²) in [5.41, 5.74) is 1.54. The van der Waals surface area contributed by atoms with Crippen LogP contribution in [0, 0.1) is 5.41 Å². The number of methoxy groups -OCH3 is 1. The zero-order chi connectivity index (χ0) is 16.3. The Morgan fingerprint density at radius 1 is 1.48 bits per heavy atom. The molecular weight excluding hydrogens is 358 g/mol. The van der Waals surface area contributed by atoms with Crippen molar-refractivity contribution in [2.24, 2.45) is 10.4 Å². The summed E-state index contributed by atoms with van der Waals surface area (Å²) < 4.78 is 11.8. The van der Waals surface area contributed by atoms with E-state index in [4.69, 9.17) is 9.47 Å². The zero-order valence-electron chi connectivity index (χ0n) is 13.8. The minimum atomic E-state index is 0.348. The molecule has 1 aromatic rings. The van der Waals surface area contributed by atoms with Gasteiger partial charge in [0.15, 0.2) is 5.96 Å². The van der Waals surface area contributed by atoms with E-state index in [9.17, 15) is 0 Å². The topological polar surface area (TPSA) is 46.1 Å². The van der Waals surface area contributed by atoms with Crippen LogP contribution in [-0.2, 0) is 11.3 Å². The SMILES string of the molecule is CN=C(NCc1ccc(OC)c(Br)c1)N1CCC2(CCOC2)C1. The van der Waals surface area contributed by atoms with Crippen LogP contribution >= 0.6 is 15.9 Å². The summed E-state index contributed by atoms with van der Waals surface area (Å²) in [6.45, 7) is 4.63. The molecule has 1 aromatic carbocycles.